The molecule has 1 fully saturated rings. The minimum Gasteiger partial charge on any atom is -0.378 e. The molecule has 0 radical (unpaired) electrons. The van der Waals surface area contributed by atoms with E-state index in [1.165, 1.54) is 30.4 Å². The van der Waals surface area contributed by atoms with Gasteiger partial charge in [-0.1, -0.05) is 12.8 Å². The Hall–Kier alpha value is -1.92. The van der Waals surface area contributed by atoms with E-state index in [9.17, 15) is 8.78 Å². The molecule has 2 heterocycles. The van der Waals surface area contributed by atoms with Crippen LogP contribution in [0, 0.1) is 0 Å². The molecule has 1 saturated carbocycles. The summed E-state index contributed by atoms with van der Waals surface area (Å²) in [5.41, 5.74) is 1.83. The summed E-state index contributed by atoms with van der Waals surface area (Å²) in [4.78, 5) is 0. The quantitative estimate of drug-likeness (QED) is 0.891. The summed E-state index contributed by atoms with van der Waals surface area (Å²) in [7, 11) is 0. The molecule has 7 heteroatoms. The highest BCUT2D eigenvalue weighted by atomic mass is 19.3. The molecule has 0 aliphatic heterocycles. The molecule has 0 aromatic carbocycles. The molecule has 1 N–H and O–H groups in total. The summed E-state index contributed by atoms with van der Waals surface area (Å²) < 4.78 is 27.8. The lowest BCUT2D eigenvalue weighted by Gasteiger charge is -2.08. The Labute approximate surface area is 121 Å². The van der Waals surface area contributed by atoms with Crippen molar-refractivity contribution in [3.63, 3.8) is 0 Å². The molecule has 0 atom stereocenters. The molecular formula is C14H19F2N5. The Morgan fingerprint density at radius 2 is 2.00 bits per heavy atom. The minimum absolute atomic E-state index is 0.361. The molecule has 114 valence electrons. The van der Waals surface area contributed by atoms with Crippen LogP contribution in [-0.4, -0.2) is 26.0 Å². The fraction of sp³-hybridized carbons (Fsp3) is 0.571. The van der Waals surface area contributed by atoms with Crippen molar-refractivity contribution in [3.8, 4) is 0 Å². The molecule has 3 rings (SSSR count). The van der Waals surface area contributed by atoms with Crippen molar-refractivity contribution in [1.29, 1.82) is 0 Å². The third-order valence-electron chi connectivity index (χ3n) is 3.81. The number of hydrogen-bond acceptors (Lipinski definition) is 3. The molecule has 2 aromatic rings. The van der Waals surface area contributed by atoms with Crippen LogP contribution in [0.2, 0.25) is 0 Å². The van der Waals surface area contributed by atoms with Crippen LogP contribution in [0.5, 0.6) is 0 Å². The van der Waals surface area contributed by atoms with Gasteiger partial charge < -0.3 is 5.32 Å². The number of nitrogens with zero attached hydrogens (tertiary/aromatic N) is 4. The molecule has 0 spiro atoms. The lowest BCUT2D eigenvalue weighted by molar-refractivity contribution is 0.122. The van der Waals surface area contributed by atoms with Crippen LogP contribution >= 0.6 is 0 Å². The predicted octanol–water partition coefficient (Wildman–Crippen LogP) is 3.07. The zero-order valence-electron chi connectivity index (χ0n) is 11.8. The smallest absolute Gasteiger partial charge is 0.257 e. The Balaban J connectivity index is 1.53. The molecule has 5 nitrogen and oxygen atoms in total. The normalized spacial score (nSPS) is 16.0. The second-order valence-electron chi connectivity index (χ2n) is 5.46. The number of alkyl halides is 2. The highest BCUT2D eigenvalue weighted by Gasteiger charge is 2.17. The van der Waals surface area contributed by atoms with Crippen molar-refractivity contribution in [2.75, 3.05) is 5.32 Å². The average Bonchev–Trinajstić information content (AvgIpc) is 3.17. The molecular weight excluding hydrogens is 276 g/mol. The monoisotopic (exact) mass is 295 g/mol. The van der Waals surface area contributed by atoms with Crippen LogP contribution < -0.4 is 5.32 Å². The van der Waals surface area contributed by atoms with Crippen LogP contribution in [0.25, 0.3) is 0 Å². The van der Waals surface area contributed by atoms with Crippen LogP contribution in [0.1, 0.15) is 37.3 Å². The van der Waals surface area contributed by atoms with E-state index in [2.05, 4.69) is 15.5 Å². The summed E-state index contributed by atoms with van der Waals surface area (Å²) in [5, 5.41) is 11.5. The average molecular weight is 295 g/mol. The molecule has 2 aromatic heterocycles. The number of rotatable bonds is 6. The van der Waals surface area contributed by atoms with Crippen LogP contribution in [0.3, 0.4) is 0 Å². The van der Waals surface area contributed by atoms with Gasteiger partial charge in [0.2, 0.25) is 0 Å². The zero-order chi connectivity index (χ0) is 14.7. The van der Waals surface area contributed by atoms with Gasteiger partial charge in [0.25, 0.3) is 6.43 Å². The van der Waals surface area contributed by atoms with E-state index in [0.717, 1.165) is 11.3 Å². The number of aromatic nitrogens is 4. The topological polar surface area (TPSA) is 47.7 Å². The number of anilines is 1. The van der Waals surface area contributed by atoms with Gasteiger partial charge in [-0.2, -0.15) is 10.2 Å². The van der Waals surface area contributed by atoms with E-state index in [4.69, 9.17) is 0 Å². The highest BCUT2D eigenvalue weighted by molar-refractivity contribution is 5.39. The molecule has 0 saturated heterocycles. The number of hydrogen-bond donors (Lipinski definition) is 1. The van der Waals surface area contributed by atoms with Gasteiger partial charge in [0.05, 0.1) is 24.1 Å². The summed E-state index contributed by atoms with van der Waals surface area (Å²) in [6.45, 7) is 0.194. The summed E-state index contributed by atoms with van der Waals surface area (Å²) in [6, 6.07) is 0.523. The lowest BCUT2D eigenvalue weighted by atomic mass is 10.3. The second-order valence-corrected chi connectivity index (χ2v) is 5.46. The Bertz CT molecular complexity index is 571. The summed E-state index contributed by atoms with van der Waals surface area (Å²) in [6.07, 6.45) is 9.63. The van der Waals surface area contributed by atoms with Crippen molar-refractivity contribution < 1.29 is 8.78 Å². The standard InChI is InChI=1S/C14H19F2N5/c15-14(16)10-20-8-11(6-18-20)5-17-12-7-19-21(9-12)13-3-1-2-4-13/h6-9,13-14,17H,1-5,10H2. The van der Waals surface area contributed by atoms with E-state index in [1.807, 2.05) is 17.1 Å². The number of nitrogens with one attached hydrogen (secondary N) is 1. The Morgan fingerprint density at radius 3 is 2.76 bits per heavy atom. The molecule has 0 bridgehead atoms. The first kappa shape index (κ1) is 14.0. The third-order valence-corrected chi connectivity index (χ3v) is 3.81. The summed E-state index contributed by atoms with van der Waals surface area (Å²) in [5.74, 6) is 0. The van der Waals surface area contributed by atoms with E-state index in [-0.39, 0.29) is 6.54 Å². The van der Waals surface area contributed by atoms with Crippen LogP contribution in [0.15, 0.2) is 24.8 Å². The van der Waals surface area contributed by atoms with Gasteiger partial charge in [0.1, 0.15) is 6.54 Å². The summed E-state index contributed by atoms with van der Waals surface area (Å²) >= 11 is 0. The first-order valence-electron chi connectivity index (χ1n) is 7.28. The molecule has 1 aliphatic rings. The fourth-order valence-electron chi connectivity index (χ4n) is 2.74. The third kappa shape index (κ3) is 3.59. The van der Waals surface area contributed by atoms with E-state index in [1.54, 1.807) is 12.4 Å². The van der Waals surface area contributed by atoms with Gasteiger partial charge in [0, 0.05) is 24.5 Å². The largest absolute Gasteiger partial charge is 0.378 e. The van der Waals surface area contributed by atoms with Crippen LogP contribution in [-0.2, 0) is 13.1 Å². The highest BCUT2D eigenvalue weighted by Crippen LogP contribution is 2.29. The van der Waals surface area contributed by atoms with Gasteiger partial charge in [-0.15, -0.1) is 0 Å². The minimum atomic E-state index is -2.38. The van der Waals surface area contributed by atoms with Crippen molar-refractivity contribution in [2.24, 2.45) is 0 Å². The Kier molecular flexibility index (Phi) is 4.17. The Morgan fingerprint density at radius 1 is 1.19 bits per heavy atom. The van der Waals surface area contributed by atoms with Gasteiger partial charge in [0.15, 0.2) is 0 Å². The predicted molar refractivity (Wildman–Crippen MR) is 75.3 cm³/mol. The van der Waals surface area contributed by atoms with E-state index >= 15 is 0 Å². The lowest BCUT2D eigenvalue weighted by Crippen LogP contribution is -2.06. The van der Waals surface area contributed by atoms with Crippen molar-refractivity contribution in [1.82, 2.24) is 19.6 Å². The zero-order valence-corrected chi connectivity index (χ0v) is 11.8. The molecule has 0 amide bonds. The maximum Gasteiger partial charge on any atom is 0.257 e. The molecule has 21 heavy (non-hydrogen) atoms. The van der Waals surface area contributed by atoms with Crippen molar-refractivity contribution >= 4 is 5.69 Å². The SMILES string of the molecule is FC(F)Cn1cc(CNc2cnn(C3CCCC3)c2)cn1. The van der Waals surface area contributed by atoms with Crippen molar-refractivity contribution in [3.05, 3.63) is 30.4 Å². The van der Waals surface area contributed by atoms with Gasteiger partial charge in [-0.25, -0.2) is 8.78 Å². The first-order chi connectivity index (χ1) is 10.2. The maximum atomic E-state index is 12.2. The van der Waals surface area contributed by atoms with Crippen LogP contribution in [0.4, 0.5) is 14.5 Å². The second kappa shape index (κ2) is 6.24. The van der Waals surface area contributed by atoms with Crippen molar-refractivity contribution in [2.45, 2.75) is 51.2 Å². The van der Waals surface area contributed by atoms with Gasteiger partial charge in [-0.05, 0) is 12.8 Å². The maximum absolute atomic E-state index is 12.2. The van der Waals surface area contributed by atoms with E-state index in [0.29, 0.717) is 12.6 Å². The molecule has 1 aliphatic carbocycles. The molecule has 0 unspecified atom stereocenters. The fourth-order valence-corrected chi connectivity index (χ4v) is 2.74. The van der Waals surface area contributed by atoms with Gasteiger partial charge >= 0.3 is 0 Å². The first-order valence-corrected chi connectivity index (χ1v) is 7.28. The van der Waals surface area contributed by atoms with E-state index < -0.39 is 6.43 Å². The number of halogens is 2. The van der Waals surface area contributed by atoms with Gasteiger partial charge in [-0.3, -0.25) is 9.36 Å².